The van der Waals surface area contributed by atoms with Gasteiger partial charge < -0.3 is 9.84 Å². The molecule has 0 spiro atoms. The highest BCUT2D eigenvalue weighted by atomic mass is 16.5. The van der Waals surface area contributed by atoms with Crippen molar-refractivity contribution in [2.45, 2.75) is 13.5 Å². The average Bonchev–Trinajstić information content (AvgIpc) is 2.67. The summed E-state index contributed by atoms with van der Waals surface area (Å²) >= 11 is 0. The number of carboxylic acid groups (broad SMARTS) is 1. The van der Waals surface area contributed by atoms with Crippen molar-refractivity contribution in [2.24, 2.45) is 5.10 Å². The predicted octanol–water partition coefficient (Wildman–Crippen LogP) is 3.59. The molecule has 0 fully saturated rings. The van der Waals surface area contributed by atoms with Crippen LogP contribution in [0.5, 0.6) is 5.75 Å². The molecular weight excluding hydrogens is 344 g/mol. The largest absolute Gasteiger partial charge is 0.488 e. The van der Waals surface area contributed by atoms with Gasteiger partial charge in [0.25, 0.3) is 0 Å². The van der Waals surface area contributed by atoms with Gasteiger partial charge in [0.15, 0.2) is 0 Å². The average molecular weight is 362 g/mol. The van der Waals surface area contributed by atoms with Crippen LogP contribution in [0.15, 0.2) is 65.8 Å². The fraction of sp³-hybridized carbons (Fsp3) is 0.0952. The molecule has 0 aliphatic rings. The first kappa shape index (κ1) is 18.1. The molecule has 0 aromatic heterocycles. The van der Waals surface area contributed by atoms with Crippen LogP contribution in [0.4, 0.5) is 0 Å². The summed E-state index contributed by atoms with van der Waals surface area (Å²) in [6.07, 6.45) is 1.56. The van der Waals surface area contributed by atoms with E-state index in [0.29, 0.717) is 5.75 Å². The lowest BCUT2D eigenvalue weighted by Gasteiger charge is -2.12. The summed E-state index contributed by atoms with van der Waals surface area (Å²) < 4.78 is 5.94. The van der Waals surface area contributed by atoms with Crippen LogP contribution in [-0.2, 0) is 11.4 Å². The lowest BCUT2D eigenvalue weighted by molar-refractivity contribution is -0.118. The Morgan fingerprint density at radius 1 is 1.07 bits per heavy atom. The second-order valence-electron chi connectivity index (χ2n) is 5.92. The normalized spacial score (nSPS) is 10.9. The lowest BCUT2D eigenvalue weighted by Crippen LogP contribution is -2.12. The Morgan fingerprint density at radius 3 is 2.52 bits per heavy atom. The molecule has 0 aliphatic heterocycles. The third-order valence-corrected chi connectivity index (χ3v) is 3.94. The van der Waals surface area contributed by atoms with Gasteiger partial charge in [0.1, 0.15) is 12.4 Å². The molecule has 6 nitrogen and oxygen atoms in total. The highest BCUT2D eigenvalue weighted by molar-refractivity contribution is 6.02. The monoisotopic (exact) mass is 362 g/mol. The fourth-order valence-electron chi connectivity index (χ4n) is 2.63. The van der Waals surface area contributed by atoms with E-state index in [-0.39, 0.29) is 18.1 Å². The highest BCUT2D eigenvalue weighted by Crippen LogP contribution is 2.27. The molecule has 3 aromatic carbocycles. The number of carbonyl (C=O) groups is 2. The van der Waals surface area contributed by atoms with E-state index in [1.54, 1.807) is 30.5 Å². The van der Waals surface area contributed by atoms with E-state index in [1.807, 2.05) is 36.4 Å². The second kappa shape index (κ2) is 8.14. The van der Waals surface area contributed by atoms with Crippen LogP contribution >= 0.6 is 0 Å². The van der Waals surface area contributed by atoms with Crippen LogP contribution in [0.3, 0.4) is 0 Å². The Morgan fingerprint density at radius 2 is 1.81 bits per heavy atom. The zero-order valence-electron chi connectivity index (χ0n) is 14.7. The molecule has 0 bridgehead atoms. The first-order chi connectivity index (χ1) is 13.0. The van der Waals surface area contributed by atoms with E-state index in [1.165, 1.54) is 6.92 Å². The lowest BCUT2D eigenvalue weighted by atomic mass is 10.0. The molecule has 0 atom stereocenters. The van der Waals surface area contributed by atoms with Crippen LogP contribution in [0, 0.1) is 0 Å². The number of hydrogen-bond acceptors (Lipinski definition) is 4. The molecule has 1 amide bonds. The first-order valence-electron chi connectivity index (χ1n) is 8.31. The number of nitrogens with zero attached hydrogens (tertiary/aromatic N) is 1. The van der Waals surface area contributed by atoms with Crippen molar-refractivity contribution in [3.63, 3.8) is 0 Å². The Hall–Kier alpha value is -3.67. The number of amides is 1. The molecule has 3 rings (SSSR count). The van der Waals surface area contributed by atoms with Gasteiger partial charge in [0.05, 0.1) is 11.8 Å². The van der Waals surface area contributed by atoms with Crippen LogP contribution in [0.25, 0.3) is 10.8 Å². The maximum absolute atomic E-state index is 11.1. The fourth-order valence-corrected chi connectivity index (χ4v) is 2.63. The second-order valence-corrected chi connectivity index (χ2v) is 5.92. The van der Waals surface area contributed by atoms with Gasteiger partial charge in [0, 0.05) is 12.5 Å². The molecule has 6 heteroatoms. The van der Waals surface area contributed by atoms with Crippen LogP contribution in [-0.4, -0.2) is 23.2 Å². The number of ether oxygens (including phenoxy) is 1. The van der Waals surface area contributed by atoms with Gasteiger partial charge >= 0.3 is 5.97 Å². The first-order valence-corrected chi connectivity index (χ1v) is 8.31. The molecule has 0 saturated heterocycles. The van der Waals surface area contributed by atoms with Crippen molar-refractivity contribution >= 4 is 28.9 Å². The van der Waals surface area contributed by atoms with Crippen LogP contribution < -0.4 is 10.2 Å². The van der Waals surface area contributed by atoms with Crippen molar-refractivity contribution in [1.82, 2.24) is 5.43 Å². The minimum absolute atomic E-state index is 0.229. The maximum Gasteiger partial charge on any atom is 0.335 e. The van der Waals surface area contributed by atoms with Crippen molar-refractivity contribution in [3.8, 4) is 5.75 Å². The molecule has 0 unspecified atom stereocenters. The Kier molecular flexibility index (Phi) is 5.47. The van der Waals surface area contributed by atoms with Crippen molar-refractivity contribution in [1.29, 1.82) is 0 Å². The number of nitrogens with one attached hydrogen (secondary N) is 1. The number of fused-ring (bicyclic) bond motifs is 1. The molecule has 136 valence electrons. The van der Waals surface area contributed by atoms with Gasteiger partial charge in [-0.05, 0) is 34.5 Å². The third-order valence-electron chi connectivity index (χ3n) is 3.94. The standard InChI is InChI=1S/C21H18N2O4/c1-14(24)23-22-12-19-18-5-3-2-4-16(18)10-11-20(19)27-13-15-6-8-17(9-7-15)21(25)26/h2-12H,13H2,1H3,(H,23,24)(H,25,26)/b22-12-. The molecular formula is C21H18N2O4. The van der Waals surface area contributed by atoms with Gasteiger partial charge in [-0.2, -0.15) is 5.10 Å². The smallest absolute Gasteiger partial charge is 0.335 e. The van der Waals surface area contributed by atoms with Gasteiger partial charge in [-0.1, -0.05) is 42.5 Å². The SMILES string of the molecule is CC(=O)N/N=C\c1c(OCc2ccc(C(=O)O)cc2)ccc2ccccc12. The van der Waals surface area contributed by atoms with E-state index < -0.39 is 5.97 Å². The van der Waals surface area contributed by atoms with E-state index in [2.05, 4.69) is 10.5 Å². The maximum atomic E-state index is 11.1. The van der Waals surface area contributed by atoms with E-state index in [0.717, 1.165) is 21.9 Å². The minimum Gasteiger partial charge on any atom is -0.488 e. The van der Waals surface area contributed by atoms with Gasteiger partial charge in [-0.25, -0.2) is 10.2 Å². The Balaban J connectivity index is 1.87. The number of benzene rings is 3. The number of aromatic carboxylic acids is 1. The number of rotatable bonds is 6. The van der Waals surface area contributed by atoms with Gasteiger partial charge in [0.2, 0.25) is 5.91 Å². The van der Waals surface area contributed by atoms with Crippen LogP contribution in [0.2, 0.25) is 0 Å². The number of carboxylic acids is 1. The summed E-state index contributed by atoms with van der Waals surface area (Å²) in [5.74, 6) is -0.606. The Labute approximate surface area is 156 Å². The molecule has 0 aliphatic carbocycles. The zero-order valence-corrected chi connectivity index (χ0v) is 14.7. The molecule has 0 saturated carbocycles. The highest BCUT2D eigenvalue weighted by Gasteiger charge is 2.08. The minimum atomic E-state index is -0.964. The summed E-state index contributed by atoms with van der Waals surface area (Å²) in [6, 6.07) is 18.1. The van der Waals surface area contributed by atoms with Gasteiger partial charge in [-0.15, -0.1) is 0 Å². The molecule has 0 radical (unpaired) electrons. The quantitative estimate of drug-likeness (QED) is 0.518. The number of carbonyl (C=O) groups excluding carboxylic acids is 1. The third kappa shape index (κ3) is 4.49. The van der Waals surface area contributed by atoms with Crippen LogP contribution in [0.1, 0.15) is 28.4 Å². The summed E-state index contributed by atoms with van der Waals surface area (Å²) in [4.78, 5) is 22.0. The van der Waals surface area contributed by atoms with Crippen molar-refractivity contribution < 1.29 is 19.4 Å². The molecule has 2 N–H and O–H groups in total. The molecule has 27 heavy (non-hydrogen) atoms. The summed E-state index contributed by atoms with van der Waals surface area (Å²) in [7, 11) is 0. The number of hydrogen-bond donors (Lipinski definition) is 2. The summed E-state index contributed by atoms with van der Waals surface area (Å²) in [5.41, 5.74) is 4.22. The predicted molar refractivity (Wildman–Crippen MR) is 103 cm³/mol. The van der Waals surface area contributed by atoms with E-state index in [9.17, 15) is 9.59 Å². The summed E-state index contributed by atoms with van der Waals surface area (Å²) in [6.45, 7) is 1.66. The van der Waals surface area contributed by atoms with Crippen molar-refractivity contribution in [3.05, 3.63) is 77.4 Å². The Bertz CT molecular complexity index is 1010. The molecule has 0 heterocycles. The van der Waals surface area contributed by atoms with Gasteiger partial charge in [-0.3, -0.25) is 4.79 Å². The number of hydrazone groups is 1. The summed E-state index contributed by atoms with van der Waals surface area (Å²) in [5, 5.41) is 14.9. The molecule has 3 aromatic rings. The van der Waals surface area contributed by atoms with Crippen molar-refractivity contribution in [2.75, 3.05) is 0 Å². The van der Waals surface area contributed by atoms with E-state index in [4.69, 9.17) is 9.84 Å². The van der Waals surface area contributed by atoms with E-state index >= 15 is 0 Å². The zero-order chi connectivity index (χ0) is 19.2. The topological polar surface area (TPSA) is 88.0 Å².